The number of nitrogens with one attached hydrogen (secondary N) is 1. The molecule has 0 spiro atoms. The summed E-state index contributed by atoms with van der Waals surface area (Å²) in [6.45, 7) is 3.51. The van der Waals surface area contributed by atoms with Gasteiger partial charge in [-0.3, -0.25) is 25.0 Å². The van der Waals surface area contributed by atoms with Crippen LogP contribution in [-0.2, 0) is 6.42 Å². The van der Waals surface area contributed by atoms with Gasteiger partial charge in [0.25, 0.3) is 11.6 Å². The lowest BCUT2D eigenvalue weighted by atomic mass is 10.1. The predicted octanol–water partition coefficient (Wildman–Crippen LogP) is 4.71. The molecule has 0 aliphatic heterocycles. The molecule has 0 aliphatic rings. The van der Waals surface area contributed by atoms with Gasteiger partial charge < -0.3 is 0 Å². The summed E-state index contributed by atoms with van der Waals surface area (Å²) in [5.41, 5.74) is 1.20. The number of aromatic nitrogens is 3. The smallest absolute Gasteiger partial charge is 0.294 e. The van der Waals surface area contributed by atoms with E-state index >= 15 is 0 Å². The quantitative estimate of drug-likeness (QED) is 0.305. The summed E-state index contributed by atoms with van der Waals surface area (Å²) in [6, 6.07) is 12.9. The van der Waals surface area contributed by atoms with Crippen molar-refractivity contribution in [3.63, 3.8) is 0 Å². The number of hydrogen-bond acceptors (Lipinski definition) is 7. The third-order valence-corrected chi connectivity index (χ3v) is 6.49. The first-order valence-electron chi connectivity index (χ1n) is 10.1. The fourth-order valence-corrected chi connectivity index (χ4v) is 4.41. The van der Waals surface area contributed by atoms with Crippen molar-refractivity contribution in [2.45, 2.75) is 20.3 Å². The summed E-state index contributed by atoms with van der Waals surface area (Å²) in [5.74, 6) is -0.758. The highest BCUT2D eigenvalue weighted by atomic mass is 35.5. The van der Waals surface area contributed by atoms with Crippen molar-refractivity contribution in [2.24, 2.45) is 0 Å². The number of aryl methyl sites for hydroxylation is 2. The number of hydrogen-bond donors (Lipinski definition) is 1. The first-order valence-corrected chi connectivity index (χ1v) is 11.3. The number of carbonyl (C=O) groups is 1. The molecule has 11 heteroatoms. The van der Waals surface area contributed by atoms with Gasteiger partial charge in [0.1, 0.15) is 5.69 Å². The molecule has 9 nitrogen and oxygen atoms in total. The number of rotatable bonds is 6. The number of thiazole rings is 1. The molecule has 0 radical (unpaired) electrons. The zero-order chi connectivity index (χ0) is 24.4. The summed E-state index contributed by atoms with van der Waals surface area (Å²) >= 11 is 7.62. The van der Waals surface area contributed by atoms with Gasteiger partial charge in [0.05, 0.1) is 4.92 Å². The highest BCUT2D eigenvalue weighted by Crippen LogP contribution is 2.27. The summed E-state index contributed by atoms with van der Waals surface area (Å²) in [7, 11) is 0. The van der Waals surface area contributed by atoms with Crippen LogP contribution in [0.4, 0.5) is 10.8 Å². The van der Waals surface area contributed by atoms with Crippen LogP contribution in [0, 0.1) is 24.0 Å². The minimum Gasteiger partial charge on any atom is -0.296 e. The molecule has 0 atom stereocenters. The molecule has 0 fully saturated rings. The Labute approximate surface area is 202 Å². The number of nitro benzene ring substituents is 1. The topological polar surface area (TPSA) is 120 Å². The lowest BCUT2D eigenvalue weighted by Crippen LogP contribution is -2.27. The summed E-state index contributed by atoms with van der Waals surface area (Å²) < 4.78 is 1.21. The van der Waals surface area contributed by atoms with Crippen molar-refractivity contribution in [1.29, 1.82) is 0 Å². The van der Waals surface area contributed by atoms with Gasteiger partial charge in [-0.15, -0.1) is 11.3 Å². The second-order valence-electron chi connectivity index (χ2n) is 7.47. The SMILES string of the molecule is Cc1cccc(Cc2cnc(NC(=O)c3nn(-c4ccccc4[N+](=O)[O-])c(C)cc3=O)s2)c1Cl. The van der Waals surface area contributed by atoms with Crippen LogP contribution in [0.2, 0.25) is 5.02 Å². The number of benzene rings is 2. The van der Waals surface area contributed by atoms with Crippen molar-refractivity contribution in [1.82, 2.24) is 14.8 Å². The number of nitro groups is 1. The number of carbonyl (C=O) groups excluding carboxylic acids is 1. The van der Waals surface area contributed by atoms with E-state index in [-0.39, 0.29) is 11.4 Å². The maximum absolute atomic E-state index is 12.8. The molecule has 1 amide bonds. The molecule has 34 heavy (non-hydrogen) atoms. The van der Waals surface area contributed by atoms with Gasteiger partial charge in [-0.1, -0.05) is 41.9 Å². The van der Waals surface area contributed by atoms with Crippen LogP contribution in [0.1, 0.15) is 32.2 Å². The van der Waals surface area contributed by atoms with E-state index in [1.54, 1.807) is 19.2 Å². The zero-order valence-electron chi connectivity index (χ0n) is 18.1. The summed E-state index contributed by atoms with van der Waals surface area (Å²) in [5, 5.41) is 19.1. The van der Waals surface area contributed by atoms with E-state index in [0.717, 1.165) is 16.0 Å². The third kappa shape index (κ3) is 4.73. The standard InChI is InChI=1S/C23H18ClN5O4S/c1-13-6-5-7-15(20(13)24)11-16-12-25-23(34-16)26-22(31)21-19(30)10-14(2)28(27-21)17-8-3-4-9-18(17)29(32)33/h3-10,12H,11H2,1-2H3,(H,25,26,31). The monoisotopic (exact) mass is 495 g/mol. The molecule has 0 aliphatic carbocycles. The largest absolute Gasteiger partial charge is 0.296 e. The van der Waals surface area contributed by atoms with Gasteiger partial charge in [-0.2, -0.15) is 5.10 Å². The Balaban J connectivity index is 1.60. The highest BCUT2D eigenvalue weighted by molar-refractivity contribution is 7.15. The van der Waals surface area contributed by atoms with Crippen LogP contribution in [-0.4, -0.2) is 25.6 Å². The molecule has 2 aromatic carbocycles. The Morgan fingerprint density at radius 2 is 1.97 bits per heavy atom. The number of nitrogens with zero attached hydrogens (tertiary/aromatic N) is 4. The van der Waals surface area contributed by atoms with Crippen LogP contribution < -0.4 is 10.7 Å². The number of halogens is 1. The predicted molar refractivity (Wildman–Crippen MR) is 130 cm³/mol. The van der Waals surface area contributed by atoms with Crippen molar-refractivity contribution in [3.05, 3.63) is 107 Å². The molecule has 4 aromatic rings. The van der Waals surface area contributed by atoms with Crippen LogP contribution in [0.3, 0.4) is 0 Å². The second kappa shape index (κ2) is 9.54. The van der Waals surface area contributed by atoms with Crippen molar-refractivity contribution in [3.8, 4) is 5.69 Å². The average Bonchev–Trinajstić information content (AvgIpc) is 3.23. The number of para-hydroxylation sites is 2. The molecule has 2 heterocycles. The minimum absolute atomic E-state index is 0.144. The Hall–Kier alpha value is -3.89. The van der Waals surface area contributed by atoms with E-state index in [1.165, 1.54) is 40.3 Å². The van der Waals surface area contributed by atoms with Gasteiger partial charge in [0, 0.05) is 40.3 Å². The molecule has 172 valence electrons. The average molecular weight is 496 g/mol. The molecule has 0 unspecified atom stereocenters. The van der Waals surface area contributed by atoms with Crippen molar-refractivity contribution < 1.29 is 9.72 Å². The Bertz CT molecular complexity index is 1480. The number of anilines is 1. The number of amides is 1. The zero-order valence-corrected chi connectivity index (χ0v) is 19.7. The Morgan fingerprint density at radius 3 is 2.74 bits per heavy atom. The van der Waals surface area contributed by atoms with Gasteiger partial charge >= 0.3 is 0 Å². The van der Waals surface area contributed by atoms with Crippen LogP contribution >= 0.6 is 22.9 Å². The fraction of sp³-hybridized carbons (Fsp3) is 0.130. The first-order chi connectivity index (χ1) is 16.2. The normalized spacial score (nSPS) is 10.8. The molecule has 0 saturated carbocycles. The molecular formula is C23H18ClN5O4S. The molecular weight excluding hydrogens is 478 g/mol. The van der Waals surface area contributed by atoms with Crippen LogP contribution in [0.5, 0.6) is 0 Å². The van der Waals surface area contributed by atoms with Crippen LogP contribution in [0.15, 0.2) is 59.5 Å². The van der Waals surface area contributed by atoms with E-state index in [0.29, 0.717) is 22.3 Å². The summed E-state index contributed by atoms with van der Waals surface area (Å²) in [4.78, 5) is 41.3. The molecule has 4 rings (SSSR count). The van der Waals surface area contributed by atoms with E-state index < -0.39 is 22.0 Å². The van der Waals surface area contributed by atoms with E-state index in [9.17, 15) is 19.7 Å². The maximum atomic E-state index is 12.8. The minimum atomic E-state index is -0.758. The third-order valence-electron chi connectivity index (χ3n) is 5.04. The fourth-order valence-electron chi connectivity index (χ4n) is 3.38. The van der Waals surface area contributed by atoms with E-state index in [4.69, 9.17) is 11.6 Å². The second-order valence-corrected chi connectivity index (χ2v) is 8.96. The first kappa shape index (κ1) is 23.3. The van der Waals surface area contributed by atoms with Gasteiger partial charge in [0.2, 0.25) is 5.43 Å². The van der Waals surface area contributed by atoms with Gasteiger partial charge in [-0.25, -0.2) is 9.67 Å². The van der Waals surface area contributed by atoms with Gasteiger partial charge in [-0.05, 0) is 31.0 Å². The highest BCUT2D eigenvalue weighted by Gasteiger charge is 2.21. The lowest BCUT2D eigenvalue weighted by molar-refractivity contribution is -0.384. The summed E-state index contributed by atoms with van der Waals surface area (Å²) in [6.07, 6.45) is 2.18. The van der Waals surface area contributed by atoms with Gasteiger partial charge in [0.15, 0.2) is 10.8 Å². The van der Waals surface area contributed by atoms with Crippen LogP contribution in [0.25, 0.3) is 5.69 Å². The molecule has 0 bridgehead atoms. The van der Waals surface area contributed by atoms with Crippen molar-refractivity contribution >= 4 is 39.7 Å². The Kier molecular flexibility index (Phi) is 6.53. The molecule has 1 N–H and O–H groups in total. The Morgan fingerprint density at radius 1 is 1.21 bits per heavy atom. The van der Waals surface area contributed by atoms with E-state index in [2.05, 4.69) is 15.4 Å². The molecule has 0 saturated heterocycles. The molecule has 2 aromatic heterocycles. The lowest BCUT2D eigenvalue weighted by Gasteiger charge is -2.11. The maximum Gasteiger partial charge on any atom is 0.294 e. The van der Waals surface area contributed by atoms with Crippen molar-refractivity contribution in [2.75, 3.05) is 5.32 Å². The van der Waals surface area contributed by atoms with E-state index in [1.807, 2.05) is 25.1 Å².